The van der Waals surface area contributed by atoms with Gasteiger partial charge < -0.3 is 9.84 Å². The molecule has 4 aromatic rings. The second-order valence-electron chi connectivity index (χ2n) is 7.64. The molecule has 3 aromatic carbocycles. The van der Waals surface area contributed by atoms with Gasteiger partial charge in [-0.25, -0.2) is 18.2 Å². The third kappa shape index (κ3) is 6.22. The van der Waals surface area contributed by atoms with Crippen molar-refractivity contribution in [2.24, 2.45) is 0 Å². The number of carbonyl (C=O) groups is 2. The topological polar surface area (TPSA) is 221 Å². The van der Waals surface area contributed by atoms with Crippen LogP contribution in [-0.2, 0) is 19.6 Å². The summed E-state index contributed by atoms with van der Waals surface area (Å²) in [6.07, 6.45) is 0. The van der Waals surface area contributed by atoms with Crippen LogP contribution in [0.5, 0.6) is 5.75 Å². The molecule has 0 saturated heterocycles. The molecule has 0 atom stereocenters. The zero-order valence-electron chi connectivity index (χ0n) is 19.3. The minimum absolute atomic E-state index is 0.0129. The van der Waals surface area contributed by atoms with Crippen LogP contribution in [0.25, 0.3) is 10.2 Å². The average molecular weight is 574 g/mol. The molecular weight excluding hydrogens is 558 g/mol. The number of anilines is 2. The van der Waals surface area contributed by atoms with E-state index in [4.69, 9.17) is 4.74 Å². The summed E-state index contributed by atoms with van der Waals surface area (Å²) in [5, 5.41) is 34.2. The average Bonchev–Trinajstić information content (AvgIpc) is 3.28. The third-order valence-electron chi connectivity index (χ3n) is 4.99. The van der Waals surface area contributed by atoms with Crippen LogP contribution >= 0.6 is 11.3 Å². The van der Waals surface area contributed by atoms with Crippen LogP contribution in [0.4, 0.5) is 22.2 Å². The van der Waals surface area contributed by atoms with Gasteiger partial charge in [0.25, 0.3) is 27.3 Å². The number of non-ortho nitro benzene ring substituents is 2. The summed E-state index contributed by atoms with van der Waals surface area (Å²) < 4.78 is 33.0. The van der Waals surface area contributed by atoms with Crippen molar-refractivity contribution < 1.29 is 37.7 Å². The molecule has 0 fully saturated rings. The van der Waals surface area contributed by atoms with E-state index in [0.29, 0.717) is 10.2 Å². The molecule has 0 aliphatic heterocycles. The van der Waals surface area contributed by atoms with Crippen LogP contribution in [0.3, 0.4) is 0 Å². The largest absolute Gasteiger partial charge is 0.507 e. The molecule has 0 unspecified atom stereocenters. The molecule has 0 bridgehead atoms. The number of phenols is 1. The van der Waals surface area contributed by atoms with E-state index in [9.17, 15) is 43.3 Å². The monoisotopic (exact) mass is 573 g/mol. The number of ether oxygens (including phenoxy) is 1. The minimum Gasteiger partial charge on any atom is -0.507 e. The number of thiazole rings is 1. The first-order chi connectivity index (χ1) is 18.4. The van der Waals surface area contributed by atoms with Crippen molar-refractivity contribution in [2.45, 2.75) is 4.90 Å². The van der Waals surface area contributed by atoms with Gasteiger partial charge in [0.15, 0.2) is 11.7 Å². The summed E-state index contributed by atoms with van der Waals surface area (Å²) in [5.74, 6) is -2.61. The Hall–Kier alpha value is -5.16. The predicted molar refractivity (Wildman–Crippen MR) is 137 cm³/mol. The van der Waals surface area contributed by atoms with Crippen molar-refractivity contribution in [1.82, 2.24) is 4.98 Å². The van der Waals surface area contributed by atoms with E-state index in [1.807, 2.05) is 0 Å². The first-order valence-corrected chi connectivity index (χ1v) is 12.8. The Morgan fingerprint density at radius 2 is 1.64 bits per heavy atom. The van der Waals surface area contributed by atoms with E-state index in [2.05, 4.69) is 15.0 Å². The maximum Gasteiger partial charge on any atom is 0.342 e. The Bertz CT molecular complexity index is 1740. The van der Waals surface area contributed by atoms with Gasteiger partial charge in [0.1, 0.15) is 11.3 Å². The number of sulfonamides is 1. The molecule has 39 heavy (non-hydrogen) atoms. The van der Waals surface area contributed by atoms with E-state index in [0.717, 1.165) is 41.7 Å². The quantitative estimate of drug-likeness (QED) is 0.149. The van der Waals surface area contributed by atoms with Gasteiger partial charge in [0.05, 0.1) is 25.0 Å². The second-order valence-corrected chi connectivity index (χ2v) is 10.4. The third-order valence-corrected chi connectivity index (χ3v) is 7.30. The summed E-state index contributed by atoms with van der Waals surface area (Å²) in [5.41, 5.74) is -0.516. The molecule has 1 aromatic heterocycles. The molecule has 4 rings (SSSR count). The molecule has 0 aliphatic carbocycles. The fourth-order valence-electron chi connectivity index (χ4n) is 3.16. The molecule has 0 spiro atoms. The van der Waals surface area contributed by atoms with Gasteiger partial charge in [-0.1, -0.05) is 11.3 Å². The Labute approximate surface area is 222 Å². The summed E-state index contributed by atoms with van der Waals surface area (Å²) in [6.45, 7) is -0.813. The van der Waals surface area contributed by atoms with Gasteiger partial charge in [-0.3, -0.25) is 35.1 Å². The molecule has 0 aliphatic rings. The number of hydrogen-bond acceptors (Lipinski definition) is 12. The molecule has 200 valence electrons. The highest BCUT2D eigenvalue weighted by Gasteiger charge is 2.22. The predicted octanol–water partition coefficient (Wildman–Crippen LogP) is 3.41. The first kappa shape index (κ1) is 26.9. The smallest absolute Gasteiger partial charge is 0.342 e. The van der Waals surface area contributed by atoms with E-state index in [-0.39, 0.29) is 22.2 Å². The maximum atomic E-state index is 12.7. The highest BCUT2D eigenvalue weighted by molar-refractivity contribution is 7.92. The van der Waals surface area contributed by atoms with E-state index < -0.39 is 54.6 Å². The molecule has 1 heterocycles. The number of rotatable bonds is 9. The number of carbonyl (C=O) groups excluding carboxylic acids is 2. The van der Waals surface area contributed by atoms with Gasteiger partial charge in [-0.15, -0.1) is 0 Å². The van der Waals surface area contributed by atoms with Crippen molar-refractivity contribution >= 4 is 65.6 Å². The van der Waals surface area contributed by atoms with Crippen LogP contribution in [0.1, 0.15) is 10.4 Å². The SMILES string of the molecule is O=C(COC(=O)c1cc(S(=O)(=O)Nc2ccc([N+](=O)[O-])cc2)ccc1O)Nc1nc2ccc([N+](=O)[O-])cc2s1. The van der Waals surface area contributed by atoms with Crippen molar-refractivity contribution in [3.63, 3.8) is 0 Å². The van der Waals surface area contributed by atoms with Crippen LogP contribution in [0, 0.1) is 20.2 Å². The van der Waals surface area contributed by atoms with Gasteiger partial charge in [0, 0.05) is 30.0 Å². The second kappa shape index (κ2) is 10.7. The number of phenolic OH excluding ortho intramolecular Hbond substituents is 1. The number of nitro benzene ring substituents is 2. The number of nitrogens with one attached hydrogen (secondary N) is 2. The molecule has 0 saturated carbocycles. The van der Waals surface area contributed by atoms with Crippen molar-refractivity contribution in [3.05, 3.63) is 86.5 Å². The van der Waals surface area contributed by atoms with Crippen LogP contribution in [0.15, 0.2) is 65.6 Å². The number of benzene rings is 3. The molecule has 3 N–H and O–H groups in total. The Morgan fingerprint density at radius 1 is 0.974 bits per heavy atom. The number of amides is 1. The summed E-state index contributed by atoms with van der Waals surface area (Å²) in [7, 11) is -4.28. The summed E-state index contributed by atoms with van der Waals surface area (Å²) in [6, 6.07) is 11.3. The lowest BCUT2D eigenvalue weighted by Crippen LogP contribution is -2.21. The standard InChI is InChI=1S/C22H15N5O10S2/c28-18-8-6-15(39(35,36)25-12-1-3-13(4-2-12)26(31)32)10-16(18)21(30)37-11-20(29)24-22-23-17-7-5-14(27(33)34)9-19(17)38-22/h1-10,25,28H,11H2,(H,23,24,29). The number of nitro groups is 2. The zero-order chi connectivity index (χ0) is 28.3. The molecule has 0 radical (unpaired) electrons. The number of esters is 1. The van der Waals surface area contributed by atoms with E-state index in [1.54, 1.807) is 0 Å². The number of nitrogens with zero attached hydrogens (tertiary/aromatic N) is 3. The molecule has 15 nitrogen and oxygen atoms in total. The summed E-state index contributed by atoms with van der Waals surface area (Å²) >= 11 is 0.963. The van der Waals surface area contributed by atoms with E-state index >= 15 is 0 Å². The maximum absolute atomic E-state index is 12.7. The number of hydrogen-bond donors (Lipinski definition) is 3. The summed E-state index contributed by atoms with van der Waals surface area (Å²) in [4.78, 5) is 48.9. The van der Waals surface area contributed by atoms with Gasteiger partial charge >= 0.3 is 5.97 Å². The molecule has 1 amide bonds. The Morgan fingerprint density at radius 3 is 2.31 bits per heavy atom. The van der Waals surface area contributed by atoms with Crippen LogP contribution in [0.2, 0.25) is 0 Å². The molecular formula is C22H15N5O10S2. The van der Waals surface area contributed by atoms with Crippen molar-refractivity contribution in [1.29, 1.82) is 0 Å². The first-order valence-electron chi connectivity index (χ1n) is 10.6. The van der Waals surface area contributed by atoms with Gasteiger partial charge in [-0.2, -0.15) is 0 Å². The van der Waals surface area contributed by atoms with Crippen molar-refractivity contribution in [2.75, 3.05) is 16.6 Å². The van der Waals surface area contributed by atoms with Crippen LogP contribution < -0.4 is 10.0 Å². The lowest BCUT2D eigenvalue weighted by Gasteiger charge is -2.11. The lowest BCUT2D eigenvalue weighted by molar-refractivity contribution is -0.385. The van der Waals surface area contributed by atoms with Crippen LogP contribution in [-0.4, -0.2) is 46.8 Å². The Balaban J connectivity index is 1.41. The fourth-order valence-corrected chi connectivity index (χ4v) is 5.16. The Kier molecular flexibility index (Phi) is 7.36. The highest BCUT2D eigenvalue weighted by Crippen LogP contribution is 2.29. The number of aromatic nitrogens is 1. The normalized spacial score (nSPS) is 11.1. The highest BCUT2D eigenvalue weighted by atomic mass is 32.2. The minimum atomic E-state index is -4.28. The lowest BCUT2D eigenvalue weighted by atomic mass is 10.2. The zero-order valence-corrected chi connectivity index (χ0v) is 20.9. The van der Waals surface area contributed by atoms with E-state index in [1.165, 1.54) is 30.3 Å². The molecule has 17 heteroatoms. The van der Waals surface area contributed by atoms with Crippen molar-refractivity contribution in [3.8, 4) is 5.75 Å². The van der Waals surface area contributed by atoms with Gasteiger partial charge in [-0.05, 0) is 36.4 Å². The number of fused-ring (bicyclic) bond motifs is 1. The van der Waals surface area contributed by atoms with Gasteiger partial charge in [0.2, 0.25) is 0 Å². The fraction of sp³-hybridized carbons (Fsp3) is 0.0455. The number of aromatic hydroxyl groups is 1.